The Morgan fingerprint density at radius 2 is 2.17 bits per heavy atom. The number of fused-ring (bicyclic) bond motifs is 1. The summed E-state index contributed by atoms with van der Waals surface area (Å²) < 4.78 is 5.76. The molecule has 0 aliphatic carbocycles. The van der Waals surface area contributed by atoms with E-state index in [2.05, 4.69) is 52.9 Å². The van der Waals surface area contributed by atoms with Crippen LogP contribution in [0.2, 0.25) is 0 Å². The van der Waals surface area contributed by atoms with Crippen molar-refractivity contribution >= 4 is 15.9 Å². The standard InChI is InChI=1S/C15H22BrNO/c1-12(2)17(9-5-8-16)10-13-11-18-15-7-4-3-6-14(13)15/h3-4,6-7,12-13H,5,8-11H2,1-2H3. The minimum atomic E-state index is 0.527. The van der Waals surface area contributed by atoms with Gasteiger partial charge in [-0.1, -0.05) is 34.1 Å². The van der Waals surface area contributed by atoms with E-state index in [4.69, 9.17) is 4.74 Å². The Bertz CT molecular complexity index is 381. The minimum absolute atomic E-state index is 0.527. The molecule has 1 unspecified atom stereocenters. The Morgan fingerprint density at radius 3 is 2.89 bits per heavy atom. The molecule has 1 atom stereocenters. The topological polar surface area (TPSA) is 12.5 Å². The van der Waals surface area contributed by atoms with Crippen LogP contribution in [0.4, 0.5) is 0 Å². The molecule has 0 fully saturated rings. The lowest BCUT2D eigenvalue weighted by Gasteiger charge is -2.28. The van der Waals surface area contributed by atoms with Gasteiger partial charge in [0.2, 0.25) is 0 Å². The van der Waals surface area contributed by atoms with Gasteiger partial charge in [0.05, 0.1) is 6.61 Å². The van der Waals surface area contributed by atoms with E-state index in [1.807, 2.05) is 6.07 Å². The van der Waals surface area contributed by atoms with Crippen molar-refractivity contribution in [2.75, 3.05) is 25.0 Å². The SMILES string of the molecule is CC(C)N(CCCBr)CC1COc2ccccc21. The Labute approximate surface area is 118 Å². The van der Waals surface area contributed by atoms with Gasteiger partial charge < -0.3 is 9.64 Å². The average molecular weight is 312 g/mol. The molecule has 1 heterocycles. The van der Waals surface area contributed by atoms with E-state index < -0.39 is 0 Å². The number of nitrogens with zero attached hydrogens (tertiary/aromatic N) is 1. The third-order valence-electron chi connectivity index (χ3n) is 3.56. The molecule has 0 saturated carbocycles. The number of para-hydroxylation sites is 1. The summed E-state index contributed by atoms with van der Waals surface area (Å²) in [4.78, 5) is 2.55. The minimum Gasteiger partial charge on any atom is -0.493 e. The van der Waals surface area contributed by atoms with E-state index in [0.29, 0.717) is 12.0 Å². The smallest absolute Gasteiger partial charge is 0.122 e. The number of hydrogen-bond acceptors (Lipinski definition) is 2. The lowest BCUT2D eigenvalue weighted by Crippen LogP contribution is -2.36. The molecule has 0 amide bonds. The number of alkyl halides is 1. The van der Waals surface area contributed by atoms with E-state index in [-0.39, 0.29) is 0 Å². The number of ether oxygens (including phenoxy) is 1. The highest BCUT2D eigenvalue weighted by Gasteiger charge is 2.26. The van der Waals surface area contributed by atoms with Crippen molar-refractivity contribution < 1.29 is 4.74 Å². The lowest BCUT2D eigenvalue weighted by atomic mass is 10.00. The predicted octanol–water partition coefficient (Wildman–Crippen LogP) is 3.66. The third-order valence-corrected chi connectivity index (χ3v) is 4.12. The quantitative estimate of drug-likeness (QED) is 0.743. The molecule has 0 N–H and O–H groups in total. The van der Waals surface area contributed by atoms with E-state index in [1.54, 1.807) is 0 Å². The van der Waals surface area contributed by atoms with Gasteiger partial charge in [-0.3, -0.25) is 0 Å². The van der Waals surface area contributed by atoms with Gasteiger partial charge >= 0.3 is 0 Å². The molecule has 0 aromatic heterocycles. The molecule has 2 rings (SSSR count). The molecule has 0 radical (unpaired) electrons. The maximum atomic E-state index is 5.76. The molecule has 3 heteroatoms. The van der Waals surface area contributed by atoms with Gasteiger partial charge in [-0.25, -0.2) is 0 Å². The first kappa shape index (κ1) is 13.9. The average Bonchev–Trinajstić information content (AvgIpc) is 2.77. The summed E-state index contributed by atoms with van der Waals surface area (Å²) in [6.07, 6.45) is 1.20. The molecule has 18 heavy (non-hydrogen) atoms. The summed E-state index contributed by atoms with van der Waals surface area (Å²) in [5.41, 5.74) is 1.38. The van der Waals surface area contributed by atoms with Gasteiger partial charge in [-0.2, -0.15) is 0 Å². The highest BCUT2D eigenvalue weighted by atomic mass is 79.9. The summed E-state index contributed by atoms with van der Waals surface area (Å²) >= 11 is 3.51. The van der Waals surface area contributed by atoms with Crippen molar-refractivity contribution in [3.63, 3.8) is 0 Å². The Kier molecular flexibility index (Phi) is 5.07. The van der Waals surface area contributed by atoms with Gasteiger partial charge in [0.25, 0.3) is 0 Å². The predicted molar refractivity (Wildman–Crippen MR) is 79.8 cm³/mol. The normalized spacial score (nSPS) is 18.2. The van der Waals surface area contributed by atoms with E-state index in [9.17, 15) is 0 Å². The fraction of sp³-hybridized carbons (Fsp3) is 0.600. The second kappa shape index (κ2) is 6.58. The van der Waals surface area contributed by atoms with Crippen LogP contribution in [-0.2, 0) is 0 Å². The number of benzene rings is 1. The van der Waals surface area contributed by atoms with Gasteiger partial charge in [0.1, 0.15) is 5.75 Å². The lowest BCUT2D eigenvalue weighted by molar-refractivity contribution is 0.195. The van der Waals surface area contributed by atoms with Crippen molar-refractivity contribution in [1.29, 1.82) is 0 Å². The first-order valence-electron chi connectivity index (χ1n) is 6.74. The van der Waals surface area contributed by atoms with Gasteiger partial charge in [0, 0.05) is 29.4 Å². The number of hydrogen-bond donors (Lipinski definition) is 0. The van der Waals surface area contributed by atoms with Crippen LogP contribution in [-0.4, -0.2) is 36.0 Å². The van der Waals surface area contributed by atoms with Gasteiger partial charge in [0.15, 0.2) is 0 Å². The summed E-state index contributed by atoms with van der Waals surface area (Å²) in [5.74, 6) is 1.60. The molecule has 100 valence electrons. The molecule has 2 nitrogen and oxygen atoms in total. The van der Waals surface area contributed by atoms with E-state index in [1.165, 1.54) is 12.0 Å². The van der Waals surface area contributed by atoms with Crippen molar-refractivity contribution in [3.8, 4) is 5.75 Å². The maximum Gasteiger partial charge on any atom is 0.122 e. The summed E-state index contributed by atoms with van der Waals surface area (Å²) in [5, 5.41) is 1.08. The molecule has 0 spiro atoms. The second-order valence-corrected chi connectivity index (χ2v) is 5.97. The fourth-order valence-corrected chi connectivity index (χ4v) is 2.74. The summed E-state index contributed by atoms with van der Waals surface area (Å²) in [6, 6.07) is 9.03. The number of rotatable bonds is 6. The van der Waals surface area contributed by atoms with Crippen molar-refractivity contribution in [2.24, 2.45) is 0 Å². The van der Waals surface area contributed by atoms with E-state index in [0.717, 1.165) is 30.8 Å². The van der Waals surface area contributed by atoms with Crippen molar-refractivity contribution in [2.45, 2.75) is 32.2 Å². The Morgan fingerprint density at radius 1 is 1.39 bits per heavy atom. The number of halogens is 1. The van der Waals surface area contributed by atoms with Crippen molar-refractivity contribution in [1.82, 2.24) is 4.90 Å². The monoisotopic (exact) mass is 311 g/mol. The van der Waals surface area contributed by atoms with Gasteiger partial charge in [-0.15, -0.1) is 0 Å². The molecule has 1 aromatic carbocycles. The first-order chi connectivity index (χ1) is 8.72. The zero-order valence-corrected chi connectivity index (χ0v) is 12.8. The molecule has 0 bridgehead atoms. The van der Waals surface area contributed by atoms with Crippen LogP contribution in [0.5, 0.6) is 5.75 Å². The van der Waals surface area contributed by atoms with Gasteiger partial charge in [-0.05, 0) is 32.9 Å². The summed E-state index contributed by atoms with van der Waals surface area (Å²) in [6.45, 7) is 7.63. The highest BCUT2D eigenvalue weighted by Crippen LogP contribution is 2.34. The van der Waals surface area contributed by atoms with E-state index >= 15 is 0 Å². The molecular weight excluding hydrogens is 290 g/mol. The summed E-state index contributed by atoms with van der Waals surface area (Å²) in [7, 11) is 0. The molecule has 1 aromatic rings. The molecule has 1 aliphatic heterocycles. The Hall–Kier alpha value is -0.540. The van der Waals surface area contributed by atoms with Crippen LogP contribution in [0, 0.1) is 0 Å². The van der Waals surface area contributed by atoms with Crippen LogP contribution in [0.15, 0.2) is 24.3 Å². The van der Waals surface area contributed by atoms with Crippen LogP contribution in [0.25, 0.3) is 0 Å². The first-order valence-corrected chi connectivity index (χ1v) is 7.86. The second-order valence-electron chi connectivity index (χ2n) is 5.18. The largest absolute Gasteiger partial charge is 0.493 e. The van der Waals surface area contributed by atoms with Crippen LogP contribution in [0.3, 0.4) is 0 Å². The van der Waals surface area contributed by atoms with Crippen LogP contribution in [0.1, 0.15) is 31.7 Å². The maximum absolute atomic E-state index is 5.76. The molecule has 1 aliphatic rings. The molecule has 0 saturated heterocycles. The fourth-order valence-electron chi connectivity index (χ4n) is 2.49. The zero-order valence-electron chi connectivity index (χ0n) is 11.2. The van der Waals surface area contributed by atoms with Crippen LogP contribution < -0.4 is 4.74 Å². The zero-order chi connectivity index (χ0) is 13.0. The third kappa shape index (κ3) is 3.27. The van der Waals surface area contributed by atoms with Crippen LogP contribution >= 0.6 is 15.9 Å². The highest BCUT2D eigenvalue weighted by molar-refractivity contribution is 9.09. The Balaban J connectivity index is 2.00. The van der Waals surface area contributed by atoms with Crippen molar-refractivity contribution in [3.05, 3.63) is 29.8 Å². The molecular formula is C15H22BrNO.